The first-order valence-corrected chi connectivity index (χ1v) is 11.7. The van der Waals surface area contributed by atoms with Crippen LogP contribution in [0.1, 0.15) is 66.7 Å². The number of carbonyl (C=O) groups is 1. The summed E-state index contributed by atoms with van der Waals surface area (Å²) in [6.07, 6.45) is 4.19. The van der Waals surface area contributed by atoms with Crippen LogP contribution in [0.2, 0.25) is 0 Å². The van der Waals surface area contributed by atoms with Gasteiger partial charge in [-0.1, -0.05) is 26.0 Å². The fourth-order valence-corrected chi connectivity index (χ4v) is 4.50. The van der Waals surface area contributed by atoms with Crippen LogP contribution in [0.15, 0.2) is 54.7 Å². The highest BCUT2D eigenvalue weighted by molar-refractivity contribution is 5.95. The van der Waals surface area contributed by atoms with Crippen molar-refractivity contribution in [2.24, 2.45) is 0 Å². The molecule has 2 unspecified atom stereocenters. The van der Waals surface area contributed by atoms with Crippen LogP contribution in [-0.2, 0) is 0 Å². The van der Waals surface area contributed by atoms with E-state index in [0.29, 0.717) is 12.1 Å². The molecule has 0 saturated carbocycles. The molecule has 8 heteroatoms. The molecular weight excluding hydrogens is 436 g/mol. The van der Waals surface area contributed by atoms with Crippen molar-refractivity contribution in [1.82, 2.24) is 25.5 Å². The normalized spacial score (nSPS) is 17.9. The molecule has 0 spiro atoms. The molecule has 34 heavy (non-hydrogen) atoms. The number of nitrogens with zero attached hydrogens (tertiary/aromatic N) is 3. The highest BCUT2D eigenvalue weighted by Crippen LogP contribution is 2.26. The zero-order chi connectivity index (χ0) is 24.2. The van der Waals surface area contributed by atoms with Gasteiger partial charge in [-0.15, -0.1) is 0 Å². The second-order valence-electron chi connectivity index (χ2n) is 9.18. The van der Waals surface area contributed by atoms with Crippen LogP contribution in [0, 0.1) is 11.6 Å². The molecule has 4 rings (SSSR count). The van der Waals surface area contributed by atoms with Crippen molar-refractivity contribution in [2.45, 2.75) is 51.1 Å². The smallest absolute Gasteiger partial charge is 0.257 e. The number of hydrogen-bond donors (Lipinski definition) is 2. The van der Waals surface area contributed by atoms with Crippen LogP contribution in [-0.4, -0.2) is 40.2 Å². The SMILES string of the molecule is CC(C)c1c(C(=O)N(C)CCCC2CC(c3cccc(F)c3)NN2)cnn1-c1ccc(F)cc1. The number of nitrogens with one attached hydrogen (secondary N) is 2. The fourth-order valence-electron chi connectivity index (χ4n) is 4.50. The Balaban J connectivity index is 1.35. The number of halogens is 2. The maximum Gasteiger partial charge on any atom is 0.257 e. The van der Waals surface area contributed by atoms with Crippen molar-refractivity contribution in [2.75, 3.05) is 13.6 Å². The molecule has 180 valence electrons. The molecule has 1 aliphatic rings. The van der Waals surface area contributed by atoms with Crippen molar-refractivity contribution in [1.29, 1.82) is 0 Å². The third-order valence-corrected chi connectivity index (χ3v) is 6.28. The molecule has 1 aromatic heterocycles. The summed E-state index contributed by atoms with van der Waals surface area (Å²) in [4.78, 5) is 14.9. The summed E-state index contributed by atoms with van der Waals surface area (Å²) in [5.41, 5.74) is 9.57. The predicted molar refractivity (Wildman–Crippen MR) is 128 cm³/mol. The van der Waals surface area contributed by atoms with Gasteiger partial charge in [0.2, 0.25) is 0 Å². The first-order valence-electron chi connectivity index (χ1n) is 11.7. The van der Waals surface area contributed by atoms with Gasteiger partial charge < -0.3 is 4.90 Å². The average molecular weight is 468 g/mol. The van der Waals surface area contributed by atoms with E-state index in [0.717, 1.165) is 36.2 Å². The number of rotatable bonds is 8. The molecule has 2 atom stereocenters. The van der Waals surface area contributed by atoms with E-state index < -0.39 is 0 Å². The lowest BCUT2D eigenvalue weighted by molar-refractivity contribution is 0.0790. The Hall–Kier alpha value is -3.10. The van der Waals surface area contributed by atoms with Gasteiger partial charge in [0.15, 0.2) is 0 Å². The van der Waals surface area contributed by atoms with Crippen LogP contribution < -0.4 is 10.9 Å². The van der Waals surface area contributed by atoms with Crippen molar-refractivity contribution in [3.8, 4) is 5.69 Å². The molecule has 0 bridgehead atoms. The fraction of sp³-hybridized carbons (Fsp3) is 0.385. The van der Waals surface area contributed by atoms with Gasteiger partial charge in [-0.2, -0.15) is 5.10 Å². The summed E-state index contributed by atoms with van der Waals surface area (Å²) in [6.45, 7) is 4.64. The molecule has 2 aromatic carbocycles. The Labute approximate surface area is 198 Å². The van der Waals surface area contributed by atoms with Gasteiger partial charge in [0.25, 0.3) is 5.91 Å². The molecule has 6 nitrogen and oxygen atoms in total. The summed E-state index contributed by atoms with van der Waals surface area (Å²) in [5.74, 6) is -0.556. The molecule has 0 aliphatic carbocycles. The quantitative estimate of drug-likeness (QED) is 0.503. The van der Waals surface area contributed by atoms with Crippen LogP contribution in [0.4, 0.5) is 8.78 Å². The number of carbonyl (C=O) groups excluding carboxylic acids is 1. The Morgan fingerprint density at radius 3 is 2.62 bits per heavy atom. The highest BCUT2D eigenvalue weighted by atomic mass is 19.1. The number of hydrazine groups is 1. The van der Waals surface area contributed by atoms with E-state index in [1.165, 1.54) is 18.2 Å². The number of amides is 1. The van der Waals surface area contributed by atoms with Gasteiger partial charge in [0, 0.05) is 25.7 Å². The maximum atomic E-state index is 13.5. The lowest BCUT2D eigenvalue weighted by Gasteiger charge is -2.20. The van der Waals surface area contributed by atoms with Crippen molar-refractivity contribution in [3.63, 3.8) is 0 Å². The molecule has 2 heterocycles. The van der Waals surface area contributed by atoms with Crippen LogP contribution in [0.5, 0.6) is 0 Å². The number of aromatic nitrogens is 2. The van der Waals surface area contributed by atoms with Gasteiger partial charge >= 0.3 is 0 Å². The van der Waals surface area contributed by atoms with E-state index in [9.17, 15) is 13.6 Å². The van der Waals surface area contributed by atoms with Crippen molar-refractivity contribution < 1.29 is 13.6 Å². The van der Waals surface area contributed by atoms with E-state index in [-0.39, 0.29) is 35.5 Å². The zero-order valence-corrected chi connectivity index (χ0v) is 19.8. The monoisotopic (exact) mass is 467 g/mol. The van der Waals surface area contributed by atoms with E-state index in [4.69, 9.17) is 0 Å². The van der Waals surface area contributed by atoms with Crippen LogP contribution in [0.25, 0.3) is 5.69 Å². The molecule has 1 saturated heterocycles. The van der Waals surface area contributed by atoms with E-state index >= 15 is 0 Å². The first kappa shape index (κ1) is 24.0. The van der Waals surface area contributed by atoms with Crippen molar-refractivity contribution >= 4 is 5.91 Å². The molecule has 1 amide bonds. The maximum absolute atomic E-state index is 13.5. The molecule has 3 aromatic rings. The first-order chi connectivity index (χ1) is 16.3. The zero-order valence-electron chi connectivity index (χ0n) is 19.8. The summed E-state index contributed by atoms with van der Waals surface area (Å²) >= 11 is 0. The number of benzene rings is 2. The topological polar surface area (TPSA) is 62.2 Å². The summed E-state index contributed by atoms with van der Waals surface area (Å²) in [6, 6.07) is 13.1. The summed E-state index contributed by atoms with van der Waals surface area (Å²) < 4.78 is 28.6. The van der Waals surface area contributed by atoms with Gasteiger partial charge in [0.05, 0.1) is 23.1 Å². The minimum Gasteiger partial charge on any atom is -0.342 e. The molecule has 1 aliphatic heterocycles. The molecule has 0 radical (unpaired) electrons. The minimum atomic E-state index is -0.313. The Morgan fingerprint density at radius 2 is 1.91 bits per heavy atom. The minimum absolute atomic E-state index is 0.0634. The Bertz CT molecular complexity index is 1130. The molecule has 2 N–H and O–H groups in total. The van der Waals surface area contributed by atoms with Crippen LogP contribution in [0.3, 0.4) is 0 Å². The van der Waals surface area contributed by atoms with E-state index in [2.05, 4.69) is 16.0 Å². The second kappa shape index (κ2) is 10.4. The van der Waals surface area contributed by atoms with Gasteiger partial charge in [0.1, 0.15) is 11.6 Å². The number of hydrogen-bond acceptors (Lipinski definition) is 4. The third-order valence-electron chi connectivity index (χ3n) is 6.28. The Morgan fingerprint density at radius 1 is 1.15 bits per heavy atom. The van der Waals surface area contributed by atoms with E-state index in [1.54, 1.807) is 47.1 Å². The van der Waals surface area contributed by atoms with Crippen molar-refractivity contribution in [3.05, 3.63) is 83.2 Å². The summed E-state index contributed by atoms with van der Waals surface area (Å²) in [7, 11) is 1.80. The molecular formula is C26H31F2N5O. The predicted octanol–water partition coefficient (Wildman–Crippen LogP) is 4.73. The summed E-state index contributed by atoms with van der Waals surface area (Å²) in [5, 5.41) is 4.43. The van der Waals surface area contributed by atoms with Gasteiger partial charge in [-0.05, 0) is 67.1 Å². The highest BCUT2D eigenvalue weighted by Gasteiger charge is 2.26. The molecule has 1 fully saturated rings. The second-order valence-corrected chi connectivity index (χ2v) is 9.18. The van der Waals surface area contributed by atoms with Crippen LogP contribution >= 0.6 is 0 Å². The standard InChI is InChI=1S/C26H31F2N5O/c1-17(2)25-23(16-29-33(25)22-11-9-19(27)10-12-22)26(34)32(3)13-5-8-21-15-24(31-30-21)18-6-4-7-20(28)14-18/h4,6-7,9-12,14,16-17,21,24,30-31H,5,8,13,15H2,1-3H3. The third kappa shape index (κ3) is 5.34. The van der Waals surface area contributed by atoms with E-state index in [1.807, 2.05) is 19.9 Å². The Kier molecular flexibility index (Phi) is 7.38. The van der Waals surface area contributed by atoms with Gasteiger partial charge in [-0.25, -0.2) is 13.5 Å². The largest absolute Gasteiger partial charge is 0.342 e. The lowest BCUT2D eigenvalue weighted by Crippen LogP contribution is -2.32. The lowest BCUT2D eigenvalue weighted by atomic mass is 9.99. The average Bonchev–Trinajstić information content (AvgIpc) is 3.47. The van der Waals surface area contributed by atoms with Gasteiger partial charge in [-0.3, -0.25) is 15.6 Å².